The number of aliphatic hydroxyl groups is 1. The number of anilines is 5. The molecule has 1 amide bonds. The Hall–Kier alpha value is -3.50. The molecule has 2 heterocycles. The zero-order chi connectivity index (χ0) is 20.8. The highest BCUT2D eigenvalue weighted by atomic mass is 35.5. The van der Waals surface area contributed by atoms with Crippen molar-refractivity contribution in [3.05, 3.63) is 60.3 Å². The van der Waals surface area contributed by atoms with Crippen LogP contribution in [0.25, 0.3) is 0 Å². The van der Waals surface area contributed by atoms with Crippen molar-refractivity contribution in [1.29, 1.82) is 0 Å². The van der Waals surface area contributed by atoms with Gasteiger partial charge in [-0.1, -0.05) is 18.2 Å². The number of amides is 1. The van der Waals surface area contributed by atoms with Crippen LogP contribution in [0.5, 0.6) is 0 Å². The smallest absolute Gasteiger partial charge is 0.247 e. The van der Waals surface area contributed by atoms with Crippen LogP contribution in [0.4, 0.5) is 33.2 Å². The Balaban J connectivity index is 1.80. The summed E-state index contributed by atoms with van der Waals surface area (Å²) in [7, 11) is 0. The Kier molecular flexibility index (Phi) is 6.37. The highest BCUT2D eigenvalue weighted by Crippen LogP contribution is 2.28. The first-order valence-corrected chi connectivity index (χ1v) is 8.79. The third kappa shape index (κ3) is 5.27. The summed E-state index contributed by atoms with van der Waals surface area (Å²) >= 11 is 6.13. The van der Waals surface area contributed by atoms with Crippen LogP contribution in [0.1, 0.15) is 0 Å². The van der Waals surface area contributed by atoms with Gasteiger partial charge in [-0.15, -0.1) is 0 Å². The van der Waals surface area contributed by atoms with Crippen LogP contribution in [0.15, 0.2) is 49.4 Å². The molecule has 11 heteroatoms. The first kappa shape index (κ1) is 20.2. The summed E-state index contributed by atoms with van der Waals surface area (Å²) in [6.45, 7) is 3.69. The molecular formula is C18H17ClFN7O2. The third-order valence-electron chi connectivity index (χ3n) is 3.63. The largest absolute Gasteiger partial charge is 0.394 e. The van der Waals surface area contributed by atoms with Crippen LogP contribution in [0.3, 0.4) is 0 Å². The number of halogens is 2. The summed E-state index contributed by atoms with van der Waals surface area (Å²) < 4.78 is 15.8. The predicted octanol–water partition coefficient (Wildman–Crippen LogP) is 3.07. The van der Waals surface area contributed by atoms with E-state index in [4.69, 9.17) is 16.7 Å². The van der Waals surface area contributed by atoms with Gasteiger partial charge in [0.2, 0.25) is 11.9 Å². The van der Waals surface area contributed by atoms with Crippen molar-refractivity contribution in [1.82, 2.24) is 19.7 Å². The van der Waals surface area contributed by atoms with E-state index in [1.54, 1.807) is 17.1 Å². The fourth-order valence-corrected chi connectivity index (χ4v) is 2.45. The van der Waals surface area contributed by atoms with Crippen LogP contribution >= 0.6 is 11.6 Å². The SMILES string of the molecule is C=CC(=O)Nc1ccc(F)c(Nc2nc(Nc3cnn(CCO)c3)ncc2Cl)c1. The van der Waals surface area contributed by atoms with Gasteiger partial charge < -0.3 is 21.1 Å². The van der Waals surface area contributed by atoms with Crippen molar-refractivity contribution in [3.63, 3.8) is 0 Å². The highest BCUT2D eigenvalue weighted by molar-refractivity contribution is 6.32. The average molecular weight is 418 g/mol. The number of hydrogen-bond donors (Lipinski definition) is 4. The molecule has 0 bridgehead atoms. The molecule has 4 N–H and O–H groups in total. The molecule has 0 aliphatic carbocycles. The quantitative estimate of drug-likeness (QED) is 0.416. The molecule has 29 heavy (non-hydrogen) atoms. The number of nitrogens with one attached hydrogen (secondary N) is 3. The molecule has 0 atom stereocenters. The third-order valence-corrected chi connectivity index (χ3v) is 3.91. The van der Waals surface area contributed by atoms with Gasteiger partial charge in [0.25, 0.3) is 0 Å². The number of hydrogen-bond acceptors (Lipinski definition) is 7. The summed E-state index contributed by atoms with van der Waals surface area (Å²) in [5, 5.41) is 21.5. The fraction of sp³-hybridized carbons (Fsp3) is 0.111. The van der Waals surface area contributed by atoms with Gasteiger partial charge in [-0.05, 0) is 24.3 Å². The van der Waals surface area contributed by atoms with Gasteiger partial charge in [0.05, 0.1) is 36.9 Å². The molecule has 0 saturated carbocycles. The molecule has 1 aromatic carbocycles. The fourth-order valence-electron chi connectivity index (χ4n) is 2.32. The van der Waals surface area contributed by atoms with E-state index in [1.807, 2.05) is 0 Å². The summed E-state index contributed by atoms with van der Waals surface area (Å²) in [4.78, 5) is 19.8. The Morgan fingerprint density at radius 2 is 2.14 bits per heavy atom. The van der Waals surface area contributed by atoms with Gasteiger partial charge in [-0.3, -0.25) is 9.48 Å². The molecule has 0 radical (unpaired) electrons. The van der Waals surface area contributed by atoms with E-state index in [1.165, 1.54) is 24.4 Å². The van der Waals surface area contributed by atoms with Crippen molar-refractivity contribution in [3.8, 4) is 0 Å². The maximum Gasteiger partial charge on any atom is 0.247 e. The number of rotatable bonds is 8. The van der Waals surface area contributed by atoms with E-state index >= 15 is 0 Å². The lowest BCUT2D eigenvalue weighted by Crippen LogP contribution is -2.08. The molecule has 0 spiro atoms. The zero-order valence-electron chi connectivity index (χ0n) is 15.1. The van der Waals surface area contributed by atoms with Crippen LogP contribution < -0.4 is 16.0 Å². The molecule has 2 aromatic heterocycles. The second-order valence-corrected chi connectivity index (χ2v) is 6.15. The summed E-state index contributed by atoms with van der Waals surface area (Å²) in [5.41, 5.74) is 1.04. The van der Waals surface area contributed by atoms with Gasteiger partial charge in [0.15, 0.2) is 5.82 Å². The number of nitrogens with zero attached hydrogens (tertiary/aromatic N) is 4. The normalized spacial score (nSPS) is 10.4. The van der Waals surface area contributed by atoms with Crippen molar-refractivity contribution < 1.29 is 14.3 Å². The molecule has 0 fully saturated rings. The summed E-state index contributed by atoms with van der Waals surface area (Å²) in [6, 6.07) is 4.02. The van der Waals surface area contributed by atoms with Crippen LogP contribution in [-0.4, -0.2) is 37.4 Å². The van der Waals surface area contributed by atoms with E-state index in [0.29, 0.717) is 17.9 Å². The van der Waals surface area contributed by atoms with E-state index in [0.717, 1.165) is 6.08 Å². The van der Waals surface area contributed by atoms with E-state index in [2.05, 4.69) is 37.6 Å². The Labute approximate surface area is 170 Å². The molecule has 0 aliphatic heterocycles. The number of carbonyl (C=O) groups excluding carboxylic acids is 1. The average Bonchev–Trinajstić information content (AvgIpc) is 3.14. The van der Waals surface area contributed by atoms with Gasteiger partial charge in [-0.2, -0.15) is 10.1 Å². The number of aromatic nitrogens is 4. The second kappa shape index (κ2) is 9.13. The molecular weight excluding hydrogens is 401 g/mol. The van der Waals surface area contributed by atoms with E-state index in [9.17, 15) is 9.18 Å². The molecule has 9 nitrogen and oxygen atoms in total. The minimum absolute atomic E-state index is 0.0372. The second-order valence-electron chi connectivity index (χ2n) is 5.74. The number of aliphatic hydroxyl groups excluding tert-OH is 1. The predicted molar refractivity (Wildman–Crippen MR) is 108 cm³/mol. The monoisotopic (exact) mass is 417 g/mol. The maximum absolute atomic E-state index is 14.2. The lowest BCUT2D eigenvalue weighted by molar-refractivity contribution is -0.111. The molecule has 3 rings (SSSR count). The first-order chi connectivity index (χ1) is 14.0. The van der Waals surface area contributed by atoms with Gasteiger partial charge in [-0.25, -0.2) is 9.37 Å². The van der Waals surface area contributed by atoms with E-state index in [-0.39, 0.29) is 29.1 Å². The minimum atomic E-state index is -0.559. The van der Waals surface area contributed by atoms with Crippen molar-refractivity contribution >= 4 is 46.3 Å². The molecule has 150 valence electrons. The lowest BCUT2D eigenvalue weighted by atomic mass is 10.2. The first-order valence-electron chi connectivity index (χ1n) is 8.41. The van der Waals surface area contributed by atoms with Gasteiger partial charge >= 0.3 is 0 Å². The summed E-state index contributed by atoms with van der Waals surface area (Å²) in [6.07, 6.45) is 5.69. The Morgan fingerprint density at radius 3 is 2.90 bits per heavy atom. The number of carbonyl (C=O) groups is 1. The Morgan fingerprint density at radius 1 is 1.31 bits per heavy atom. The van der Waals surface area contributed by atoms with Crippen LogP contribution in [0.2, 0.25) is 5.02 Å². The minimum Gasteiger partial charge on any atom is -0.394 e. The zero-order valence-corrected chi connectivity index (χ0v) is 15.8. The maximum atomic E-state index is 14.2. The van der Waals surface area contributed by atoms with Crippen molar-refractivity contribution in [2.45, 2.75) is 6.54 Å². The highest BCUT2D eigenvalue weighted by Gasteiger charge is 2.11. The van der Waals surface area contributed by atoms with Crippen molar-refractivity contribution in [2.75, 3.05) is 22.6 Å². The van der Waals surface area contributed by atoms with Crippen LogP contribution in [-0.2, 0) is 11.3 Å². The molecule has 0 saturated heterocycles. The summed E-state index contributed by atoms with van der Waals surface area (Å²) in [5.74, 6) is -0.609. The Bertz CT molecular complexity index is 1040. The molecule has 3 aromatic rings. The van der Waals surface area contributed by atoms with Gasteiger partial charge in [0.1, 0.15) is 10.8 Å². The van der Waals surface area contributed by atoms with Crippen molar-refractivity contribution in [2.24, 2.45) is 0 Å². The lowest BCUT2D eigenvalue weighted by Gasteiger charge is -2.11. The molecule has 0 unspecified atom stereocenters. The van der Waals surface area contributed by atoms with Crippen LogP contribution in [0, 0.1) is 5.82 Å². The number of benzene rings is 1. The topological polar surface area (TPSA) is 117 Å². The van der Waals surface area contributed by atoms with Gasteiger partial charge in [0, 0.05) is 11.9 Å². The standard InChI is InChI=1S/C18H17ClFN7O2/c1-2-16(29)23-11-3-4-14(20)15(7-11)25-17-13(19)9-21-18(26-17)24-12-8-22-27(10-12)5-6-28/h2-4,7-10,28H,1,5-6H2,(H,23,29)(H2,21,24,25,26). The van der Waals surface area contributed by atoms with E-state index < -0.39 is 11.7 Å². The molecule has 0 aliphatic rings.